The first-order valence-electron chi connectivity index (χ1n) is 6.06. The molecule has 0 aromatic carbocycles. The zero-order chi connectivity index (χ0) is 12.7. The van der Waals surface area contributed by atoms with Crippen LogP contribution >= 0.6 is 0 Å². The van der Waals surface area contributed by atoms with Gasteiger partial charge in [-0.25, -0.2) is 0 Å². The number of carbonyl (C=O) groups is 1. The molecule has 0 aromatic rings. The lowest BCUT2D eigenvalue weighted by Gasteiger charge is -2.23. The molecule has 4 heteroatoms. The molecule has 0 fully saturated rings. The summed E-state index contributed by atoms with van der Waals surface area (Å²) in [5.74, 6) is 0.672. The first-order chi connectivity index (χ1) is 7.38. The first-order valence-corrected chi connectivity index (χ1v) is 6.06. The summed E-state index contributed by atoms with van der Waals surface area (Å²) in [4.78, 5) is 15.4. The van der Waals surface area contributed by atoms with Gasteiger partial charge in [0, 0.05) is 19.6 Å². The van der Waals surface area contributed by atoms with Gasteiger partial charge in [-0.1, -0.05) is 13.8 Å². The van der Waals surface area contributed by atoms with E-state index in [1.54, 1.807) is 4.90 Å². The molecule has 0 bridgehead atoms. The highest BCUT2D eigenvalue weighted by atomic mass is 16.2. The third-order valence-corrected chi connectivity index (χ3v) is 3.01. The van der Waals surface area contributed by atoms with E-state index in [-0.39, 0.29) is 11.9 Å². The van der Waals surface area contributed by atoms with E-state index in [2.05, 4.69) is 13.8 Å². The van der Waals surface area contributed by atoms with Gasteiger partial charge < -0.3 is 10.6 Å². The summed E-state index contributed by atoms with van der Waals surface area (Å²) in [6, 6.07) is 0.224. The van der Waals surface area contributed by atoms with Crippen molar-refractivity contribution in [3.8, 4) is 0 Å². The summed E-state index contributed by atoms with van der Waals surface area (Å²) in [5.41, 5.74) is 5.96. The number of nitrogens with two attached hydrogens (primary N) is 1. The maximum Gasteiger partial charge on any atom is 0.236 e. The van der Waals surface area contributed by atoms with E-state index < -0.39 is 0 Å². The Morgan fingerprint density at radius 2 is 1.88 bits per heavy atom. The van der Waals surface area contributed by atoms with Gasteiger partial charge in [0.25, 0.3) is 0 Å². The molecule has 0 saturated heterocycles. The zero-order valence-corrected chi connectivity index (χ0v) is 11.4. The van der Waals surface area contributed by atoms with Crippen molar-refractivity contribution in [1.29, 1.82) is 0 Å². The molecule has 1 atom stereocenters. The summed E-state index contributed by atoms with van der Waals surface area (Å²) in [5, 5.41) is 0. The maximum atomic E-state index is 11.6. The SMILES string of the molecule is CCN(C)C(=O)CN(C)CCC(N)C(C)C. The van der Waals surface area contributed by atoms with Gasteiger partial charge in [-0.05, 0) is 32.9 Å². The Morgan fingerprint density at radius 3 is 2.31 bits per heavy atom. The number of likely N-dealkylation sites (N-methyl/N-ethyl adjacent to an activating group) is 2. The van der Waals surface area contributed by atoms with Gasteiger partial charge in [-0.2, -0.15) is 0 Å². The average molecular weight is 229 g/mol. The number of hydrogen-bond acceptors (Lipinski definition) is 3. The number of carbonyl (C=O) groups excluding carboxylic acids is 1. The van der Waals surface area contributed by atoms with E-state index >= 15 is 0 Å². The second-order valence-corrected chi connectivity index (χ2v) is 4.84. The minimum Gasteiger partial charge on any atom is -0.345 e. The van der Waals surface area contributed by atoms with Crippen LogP contribution in [0.1, 0.15) is 27.2 Å². The zero-order valence-electron chi connectivity index (χ0n) is 11.4. The molecule has 0 aliphatic rings. The molecule has 0 saturated carbocycles. The quantitative estimate of drug-likeness (QED) is 0.701. The summed E-state index contributed by atoms with van der Waals surface area (Å²) in [6.45, 7) is 8.35. The van der Waals surface area contributed by atoms with Gasteiger partial charge in [-0.15, -0.1) is 0 Å². The largest absolute Gasteiger partial charge is 0.345 e. The smallest absolute Gasteiger partial charge is 0.236 e. The lowest BCUT2D eigenvalue weighted by atomic mass is 10.0. The molecule has 0 aromatic heterocycles. The molecule has 0 spiro atoms. The summed E-state index contributed by atoms with van der Waals surface area (Å²) < 4.78 is 0. The molecule has 1 unspecified atom stereocenters. The Labute approximate surface area is 99.8 Å². The van der Waals surface area contributed by atoms with Crippen molar-refractivity contribution in [2.45, 2.75) is 33.2 Å². The summed E-state index contributed by atoms with van der Waals surface area (Å²) in [6.07, 6.45) is 0.942. The van der Waals surface area contributed by atoms with Crippen LogP contribution in [-0.2, 0) is 4.79 Å². The van der Waals surface area contributed by atoms with Crippen LogP contribution in [0.5, 0.6) is 0 Å². The van der Waals surface area contributed by atoms with Crippen molar-refractivity contribution in [3.05, 3.63) is 0 Å². The van der Waals surface area contributed by atoms with Crippen LogP contribution in [-0.4, -0.2) is 55.5 Å². The second-order valence-electron chi connectivity index (χ2n) is 4.84. The summed E-state index contributed by atoms with van der Waals surface area (Å²) in [7, 11) is 3.80. The van der Waals surface area contributed by atoms with Crippen LogP contribution in [0.4, 0.5) is 0 Å². The number of nitrogens with zero attached hydrogens (tertiary/aromatic N) is 2. The molecule has 1 amide bonds. The molecule has 0 aliphatic carbocycles. The highest BCUT2D eigenvalue weighted by molar-refractivity contribution is 5.77. The predicted octanol–water partition coefficient (Wildman–Crippen LogP) is 0.770. The lowest BCUT2D eigenvalue weighted by molar-refractivity contribution is -0.130. The fourth-order valence-electron chi connectivity index (χ4n) is 1.31. The number of hydrogen-bond donors (Lipinski definition) is 1. The molecule has 0 heterocycles. The molecule has 96 valence electrons. The normalized spacial score (nSPS) is 13.2. The lowest BCUT2D eigenvalue weighted by Crippen LogP contribution is -2.38. The Balaban J connectivity index is 3.82. The second kappa shape index (κ2) is 7.63. The molecule has 0 aliphatic heterocycles. The topological polar surface area (TPSA) is 49.6 Å². The third kappa shape index (κ3) is 6.08. The van der Waals surface area contributed by atoms with E-state index in [0.29, 0.717) is 12.5 Å². The van der Waals surface area contributed by atoms with Crippen LogP contribution in [0, 0.1) is 5.92 Å². The van der Waals surface area contributed by atoms with Crippen molar-refractivity contribution >= 4 is 5.91 Å². The Morgan fingerprint density at radius 1 is 1.31 bits per heavy atom. The van der Waals surface area contributed by atoms with Crippen molar-refractivity contribution < 1.29 is 4.79 Å². The molecule has 2 N–H and O–H groups in total. The standard InChI is InChI=1S/C12H27N3O/c1-6-15(5)12(16)9-14(4)8-7-11(13)10(2)3/h10-11H,6-9,13H2,1-5H3. The minimum absolute atomic E-state index is 0.170. The fourth-order valence-corrected chi connectivity index (χ4v) is 1.31. The van der Waals surface area contributed by atoms with Crippen LogP contribution < -0.4 is 5.73 Å². The Hall–Kier alpha value is -0.610. The Kier molecular flexibility index (Phi) is 7.34. The van der Waals surface area contributed by atoms with Gasteiger partial charge in [0.05, 0.1) is 6.54 Å². The van der Waals surface area contributed by atoms with Crippen molar-refractivity contribution in [1.82, 2.24) is 9.80 Å². The van der Waals surface area contributed by atoms with Crippen LogP contribution in [0.25, 0.3) is 0 Å². The van der Waals surface area contributed by atoms with Crippen LogP contribution in [0.3, 0.4) is 0 Å². The van der Waals surface area contributed by atoms with Crippen molar-refractivity contribution in [3.63, 3.8) is 0 Å². The van der Waals surface area contributed by atoms with Gasteiger partial charge >= 0.3 is 0 Å². The average Bonchev–Trinajstić information content (AvgIpc) is 2.24. The van der Waals surface area contributed by atoms with E-state index in [1.165, 1.54) is 0 Å². The monoisotopic (exact) mass is 229 g/mol. The van der Waals surface area contributed by atoms with Gasteiger partial charge in [0.2, 0.25) is 5.91 Å². The maximum absolute atomic E-state index is 11.6. The molecule has 16 heavy (non-hydrogen) atoms. The van der Waals surface area contributed by atoms with Gasteiger partial charge in [0.15, 0.2) is 0 Å². The van der Waals surface area contributed by atoms with Gasteiger partial charge in [-0.3, -0.25) is 9.69 Å². The van der Waals surface area contributed by atoms with E-state index in [9.17, 15) is 4.79 Å². The highest BCUT2D eigenvalue weighted by Gasteiger charge is 2.12. The molecule has 4 nitrogen and oxygen atoms in total. The molecule has 0 radical (unpaired) electrons. The van der Waals surface area contributed by atoms with E-state index in [1.807, 2.05) is 25.9 Å². The van der Waals surface area contributed by atoms with Crippen molar-refractivity contribution in [2.24, 2.45) is 11.7 Å². The van der Waals surface area contributed by atoms with Crippen molar-refractivity contribution in [2.75, 3.05) is 33.7 Å². The first kappa shape index (κ1) is 15.4. The number of rotatable bonds is 7. The Bertz CT molecular complexity index is 206. The van der Waals surface area contributed by atoms with Crippen LogP contribution in [0.2, 0.25) is 0 Å². The highest BCUT2D eigenvalue weighted by Crippen LogP contribution is 2.03. The molecule has 0 rings (SSSR count). The summed E-state index contributed by atoms with van der Waals surface area (Å²) >= 11 is 0. The third-order valence-electron chi connectivity index (χ3n) is 3.01. The van der Waals surface area contributed by atoms with E-state index in [4.69, 9.17) is 5.73 Å². The molecular weight excluding hydrogens is 202 g/mol. The van der Waals surface area contributed by atoms with E-state index in [0.717, 1.165) is 19.5 Å². The van der Waals surface area contributed by atoms with Gasteiger partial charge in [0.1, 0.15) is 0 Å². The fraction of sp³-hybridized carbons (Fsp3) is 0.917. The minimum atomic E-state index is 0.170. The molecular formula is C12H27N3O. The number of amides is 1. The predicted molar refractivity (Wildman–Crippen MR) is 68.2 cm³/mol. The van der Waals surface area contributed by atoms with Crippen LogP contribution in [0.15, 0.2) is 0 Å².